The van der Waals surface area contributed by atoms with Crippen molar-refractivity contribution in [1.82, 2.24) is 4.98 Å². The molecule has 0 aliphatic carbocycles. The number of hydrogen-bond acceptors (Lipinski definition) is 5. The number of primary amides is 1. The number of pyridine rings is 1. The molecule has 7 nitrogen and oxygen atoms in total. The molecular weight excluding hydrogens is 396 g/mol. The molecule has 9 heteroatoms. The number of rotatable bonds is 5. The van der Waals surface area contributed by atoms with Gasteiger partial charge in [-0.1, -0.05) is 18.2 Å². The smallest absolute Gasteiger partial charge is 0.337 e. The highest BCUT2D eigenvalue weighted by atomic mass is 19.1. The summed E-state index contributed by atoms with van der Waals surface area (Å²) >= 11 is 0. The topological polar surface area (TPSA) is 103 Å². The highest BCUT2D eigenvalue weighted by molar-refractivity contribution is 6.06. The van der Waals surface area contributed by atoms with Gasteiger partial charge in [0.25, 0.3) is 5.91 Å². The van der Waals surface area contributed by atoms with Crippen LogP contribution in [-0.2, 0) is 16.1 Å². The molecule has 0 saturated heterocycles. The summed E-state index contributed by atoms with van der Waals surface area (Å²) in [6.07, 6.45) is 0.734. The Morgan fingerprint density at radius 3 is 2.33 bits per heavy atom. The molecular formula is C21H15F2N3O4. The second kappa shape index (κ2) is 8.91. The summed E-state index contributed by atoms with van der Waals surface area (Å²) in [7, 11) is 0. The second-order valence-electron chi connectivity index (χ2n) is 6.15. The van der Waals surface area contributed by atoms with Gasteiger partial charge in [0.2, 0.25) is 11.9 Å². The average molecular weight is 411 g/mol. The molecule has 1 heterocycles. The van der Waals surface area contributed by atoms with Crippen molar-refractivity contribution in [3.8, 4) is 0 Å². The van der Waals surface area contributed by atoms with Crippen LogP contribution >= 0.6 is 0 Å². The SMILES string of the molecule is NC(=O)c1cccc(N(OC(=O)Cc2ccc(F)cc2)C(=O)c2ccc(F)nc2)c1. The van der Waals surface area contributed by atoms with Gasteiger partial charge in [-0.3, -0.25) is 9.59 Å². The normalized spacial score (nSPS) is 10.3. The molecule has 0 fully saturated rings. The van der Waals surface area contributed by atoms with Crippen LogP contribution in [0.4, 0.5) is 14.5 Å². The molecule has 3 rings (SSSR count). The van der Waals surface area contributed by atoms with E-state index in [0.717, 1.165) is 12.3 Å². The Bertz CT molecular complexity index is 1090. The van der Waals surface area contributed by atoms with E-state index < -0.39 is 29.5 Å². The van der Waals surface area contributed by atoms with Crippen molar-refractivity contribution in [3.05, 3.63) is 95.3 Å². The van der Waals surface area contributed by atoms with Crippen LogP contribution in [0.5, 0.6) is 0 Å². The number of nitrogens with zero attached hydrogens (tertiary/aromatic N) is 2. The molecule has 1 aromatic heterocycles. The third kappa shape index (κ3) is 5.02. The molecule has 2 N–H and O–H groups in total. The van der Waals surface area contributed by atoms with E-state index in [-0.39, 0.29) is 23.2 Å². The van der Waals surface area contributed by atoms with Crippen molar-refractivity contribution < 1.29 is 28.0 Å². The van der Waals surface area contributed by atoms with Crippen LogP contribution in [0.25, 0.3) is 0 Å². The molecule has 3 aromatic rings. The van der Waals surface area contributed by atoms with Gasteiger partial charge in [-0.2, -0.15) is 4.39 Å². The number of carbonyl (C=O) groups excluding carboxylic acids is 3. The first kappa shape index (κ1) is 20.6. The van der Waals surface area contributed by atoms with Gasteiger partial charge < -0.3 is 10.6 Å². The predicted molar refractivity (Wildman–Crippen MR) is 102 cm³/mol. The van der Waals surface area contributed by atoms with Crippen molar-refractivity contribution >= 4 is 23.5 Å². The summed E-state index contributed by atoms with van der Waals surface area (Å²) in [5.74, 6) is -3.64. The Kier molecular flexibility index (Phi) is 6.11. The summed E-state index contributed by atoms with van der Waals surface area (Å²) in [4.78, 5) is 45.4. The van der Waals surface area contributed by atoms with Crippen LogP contribution in [-0.4, -0.2) is 22.8 Å². The van der Waals surface area contributed by atoms with Crippen molar-refractivity contribution in [1.29, 1.82) is 0 Å². The molecule has 0 unspecified atom stereocenters. The Morgan fingerprint density at radius 2 is 1.70 bits per heavy atom. The zero-order valence-corrected chi connectivity index (χ0v) is 15.4. The summed E-state index contributed by atoms with van der Waals surface area (Å²) in [5.41, 5.74) is 5.80. The average Bonchev–Trinajstić information content (AvgIpc) is 2.74. The first-order valence-electron chi connectivity index (χ1n) is 8.64. The quantitative estimate of drug-likeness (QED) is 0.514. The van der Waals surface area contributed by atoms with E-state index >= 15 is 0 Å². The van der Waals surface area contributed by atoms with Crippen LogP contribution in [0.3, 0.4) is 0 Å². The van der Waals surface area contributed by atoms with Gasteiger partial charge in [0, 0.05) is 11.8 Å². The number of amides is 2. The lowest BCUT2D eigenvalue weighted by atomic mass is 10.1. The maximum atomic E-state index is 13.1. The van der Waals surface area contributed by atoms with Crippen LogP contribution in [0.2, 0.25) is 0 Å². The van der Waals surface area contributed by atoms with Crippen LogP contribution in [0.15, 0.2) is 66.9 Å². The van der Waals surface area contributed by atoms with Crippen molar-refractivity contribution in [3.63, 3.8) is 0 Å². The Hall–Kier alpha value is -4.14. The Morgan fingerprint density at radius 1 is 0.967 bits per heavy atom. The summed E-state index contributed by atoms with van der Waals surface area (Å²) < 4.78 is 26.1. The predicted octanol–water partition coefficient (Wildman–Crippen LogP) is 2.81. The van der Waals surface area contributed by atoms with Gasteiger partial charge in [-0.25, -0.2) is 14.2 Å². The summed E-state index contributed by atoms with van der Waals surface area (Å²) in [6, 6.07) is 12.9. The molecule has 0 saturated carbocycles. The molecule has 0 atom stereocenters. The van der Waals surface area contributed by atoms with Gasteiger partial charge in [-0.05, 0) is 48.0 Å². The van der Waals surface area contributed by atoms with Crippen LogP contribution in [0.1, 0.15) is 26.3 Å². The number of halogens is 2. The lowest BCUT2D eigenvalue weighted by Gasteiger charge is -2.21. The van der Waals surface area contributed by atoms with Gasteiger partial charge in [0.15, 0.2) is 0 Å². The van der Waals surface area contributed by atoms with E-state index in [1.165, 1.54) is 54.6 Å². The van der Waals surface area contributed by atoms with Gasteiger partial charge >= 0.3 is 5.97 Å². The monoisotopic (exact) mass is 411 g/mol. The minimum atomic E-state index is -0.825. The Labute approximate surface area is 169 Å². The van der Waals surface area contributed by atoms with E-state index in [2.05, 4.69) is 4.98 Å². The molecule has 2 amide bonds. The fraction of sp³-hybridized carbons (Fsp3) is 0.0476. The highest BCUT2D eigenvalue weighted by Crippen LogP contribution is 2.20. The van der Waals surface area contributed by atoms with E-state index in [1.54, 1.807) is 0 Å². The second-order valence-corrected chi connectivity index (χ2v) is 6.15. The number of nitrogens with two attached hydrogens (primary N) is 1. The standard InChI is InChI=1S/C21H15F2N3O4/c22-16-7-4-13(5-8-16)10-19(27)30-26(17-3-1-2-14(11-17)20(24)28)21(29)15-6-9-18(23)25-12-15/h1-9,11-12H,10H2,(H2,24,28). The number of hydroxylamine groups is 1. The molecule has 152 valence electrons. The molecule has 0 radical (unpaired) electrons. The van der Waals surface area contributed by atoms with Crippen molar-refractivity contribution in [2.75, 3.05) is 5.06 Å². The van der Waals surface area contributed by atoms with Gasteiger partial charge in [0.05, 0.1) is 17.7 Å². The fourth-order valence-corrected chi connectivity index (χ4v) is 2.52. The minimum absolute atomic E-state index is 0.0491. The van der Waals surface area contributed by atoms with E-state index in [1.807, 2.05) is 0 Å². The molecule has 2 aromatic carbocycles. The van der Waals surface area contributed by atoms with E-state index in [0.29, 0.717) is 10.6 Å². The number of aromatic nitrogens is 1. The lowest BCUT2D eigenvalue weighted by Crippen LogP contribution is -2.34. The van der Waals surface area contributed by atoms with Crippen LogP contribution in [0, 0.1) is 11.8 Å². The fourth-order valence-electron chi connectivity index (χ4n) is 2.52. The van der Waals surface area contributed by atoms with Gasteiger partial charge in [-0.15, -0.1) is 5.06 Å². The largest absolute Gasteiger partial charge is 0.366 e. The molecule has 0 bridgehead atoms. The van der Waals surface area contributed by atoms with Crippen LogP contribution < -0.4 is 10.8 Å². The lowest BCUT2D eigenvalue weighted by molar-refractivity contribution is -0.143. The molecule has 30 heavy (non-hydrogen) atoms. The number of carbonyl (C=O) groups is 3. The molecule has 0 aliphatic rings. The minimum Gasteiger partial charge on any atom is -0.366 e. The van der Waals surface area contributed by atoms with Crippen molar-refractivity contribution in [2.45, 2.75) is 6.42 Å². The maximum absolute atomic E-state index is 13.1. The van der Waals surface area contributed by atoms with Crippen molar-refractivity contribution in [2.24, 2.45) is 5.73 Å². The number of benzene rings is 2. The number of hydrogen-bond donors (Lipinski definition) is 1. The number of anilines is 1. The third-order valence-corrected chi connectivity index (χ3v) is 3.98. The maximum Gasteiger partial charge on any atom is 0.337 e. The van der Waals surface area contributed by atoms with E-state index in [9.17, 15) is 23.2 Å². The molecule has 0 aliphatic heterocycles. The molecule has 0 spiro atoms. The first-order chi connectivity index (χ1) is 14.3. The Balaban J connectivity index is 1.90. The highest BCUT2D eigenvalue weighted by Gasteiger charge is 2.24. The first-order valence-corrected chi connectivity index (χ1v) is 8.64. The zero-order valence-electron chi connectivity index (χ0n) is 15.4. The third-order valence-electron chi connectivity index (χ3n) is 3.98. The summed E-state index contributed by atoms with van der Waals surface area (Å²) in [6.45, 7) is 0. The zero-order chi connectivity index (χ0) is 21.7. The summed E-state index contributed by atoms with van der Waals surface area (Å²) in [5, 5.41) is 0.660. The van der Waals surface area contributed by atoms with Gasteiger partial charge in [0.1, 0.15) is 5.82 Å². The van der Waals surface area contributed by atoms with E-state index in [4.69, 9.17) is 10.6 Å².